The molecule has 0 radical (unpaired) electrons. The Morgan fingerprint density at radius 3 is 2.85 bits per heavy atom. The molecule has 0 aliphatic heterocycles. The standard InChI is InChI=1S/C15H16N4O/c1-3-13-14(17-4-2)18-10-19-15(13)20-12-7-5-6-11(8-12)9-16/h5-8,10H,3-4H2,1-2H3,(H,17,18,19). The van der Waals surface area contributed by atoms with Gasteiger partial charge in [0.15, 0.2) is 0 Å². The predicted molar refractivity (Wildman–Crippen MR) is 76.8 cm³/mol. The fourth-order valence-corrected chi connectivity index (χ4v) is 1.86. The van der Waals surface area contributed by atoms with Crippen LogP contribution in [0, 0.1) is 11.3 Å². The Hall–Kier alpha value is -2.61. The first-order chi connectivity index (χ1) is 9.78. The van der Waals surface area contributed by atoms with E-state index < -0.39 is 0 Å². The molecule has 2 rings (SSSR count). The molecule has 102 valence electrons. The Labute approximate surface area is 118 Å². The maximum atomic E-state index is 8.90. The molecule has 5 nitrogen and oxygen atoms in total. The van der Waals surface area contributed by atoms with E-state index >= 15 is 0 Å². The van der Waals surface area contributed by atoms with E-state index in [-0.39, 0.29) is 0 Å². The highest BCUT2D eigenvalue weighted by molar-refractivity contribution is 5.50. The molecule has 1 aromatic carbocycles. The number of hydrogen-bond donors (Lipinski definition) is 1. The number of rotatable bonds is 5. The van der Waals surface area contributed by atoms with Gasteiger partial charge < -0.3 is 10.1 Å². The van der Waals surface area contributed by atoms with E-state index in [2.05, 4.69) is 21.4 Å². The number of benzene rings is 1. The first-order valence-corrected chi connectivity index (χ1v) is 6.54. The van der Waals surface area contributed by atoms with Crippen LogP contribution in [0.5, 0.6) is 11.6 Å². The van der Waals surface area contributed by atoms with Gasteiger partial charge in [-0.05, 0) is 31.5 Å². The summed E-state index contributed by atoms with van der Waals surface area (Å²) < 4.78 is 5.79. The summed E-state index contributed by atoms with van der Waals surface area (Å²) in [4.78, 5) is 8.41. The molecular formula is C15H16N4O. The normalized spacial score (nSPS) is 9.85. The van der Waals surface area contributed by atoms with E-state index in [0.717, 1.165) is 24.3 Å². The lowest BCUT2D eigenvalue weighted by molar-refractivity contribution is 0.455. The molecule has 0 amide bonds. The van der Waals surface area contributed by atoms with E-state index in [1.807, 2.05) is 13.8 Å². The van der Waals surface area contributed by atoms with Crippen LogP contribution in [0.4, 0.5) is 5.82 Å². The zero-order valence-corrected chi connectivity index (χ0v) is 11.6. The van der Waals surface area contributed by atoms with E-state index in [9.17, 15) is 0 Å². The van der Waals surface area contributed by atoms with Gasteiger partial charge in [0, 0.05) is 6.54 Å². The van der Waals surface area contributed by atoms with Gasteiger partial charge in [0.1, 0.15) is 17.9 Å². The molecule has 5 heteroatoms. The molecule has 1 heterocycles. The Morgan fingerprint density at radius 2 is 2.15 bits per heavy atom. The Kier molecular flexibility index (Phi) is 4.51. The zero-order chi connectivity index (χ0) is 14.4. The molecule has 1 N–H and O–H groups in total. The van der Waals surface area contributed by atoms with Crippen molar-refractivity contribution in [1.29, 1.82) is 5.26 Å². The third-order valence-electron chi connectivity index (χ3n) is 2.78. The van der Waals surface area contributed by atoms with Gasteiger partial charge >= 0.3 is 0 Å². The van der Waals surface area contributed by atoms with Gasteiger partial charge in [0.05, 0.1) is 17.2 Å². The fourth-order valence-electron chi connectivity index (χ4n) is 1.86. The Balaban J connectivity index is 2.33. The molecule has 0 saturated carbocycles. The minimum Gasteiger partial charge on any atom is -0.439 e. The van der Waals surface area contributed by atoms with Crippen molar-refractivity contribution in [2.45, 2.75) is 20.3 Å². The minimum absolute atomic E-state index is 0.522. The third kappa shape index (κ3) is 3.04. The summed E-state index contributed by atoms with van der Waals surface area (Å²) in [5.74, 6) is 1.91. The topological polar surface area (TPSA) is 70.8 Å². The van der Waals surface area contributed by atoms with Crippen molar-refractivity contribution in [3.8, 4) is 17.7 Å². The fraction of sp³-hybridized carbons (Fsp3) is 0.267. The van der Waals surface area contributed by atoms with Crippen LogP contribution < -0.4 is 10.1 Å². The third-order valence-corrected chi connectivity index (χ3v) is 2.78. The van der Waals surface area contributed by atoms with Crippen molar-refractivity contribution in [3.63, 3.8) is 0 Å². The molecule has 1 aromatic heterocycles. The van der Waals surface area contributed by atoms with E-state index in [4.69, 9.17) is 10.00 Å². The maximum Gasteiger partial charge on any atom is 0.227 e. The monoisotopic (exact) mass is 268 g/mol. The number of nitrogens with zero attached hydrogens (tertiary/aromatic N) is 3. The van der Waals surface area contributed by atoms with Crippen LogP contribution in [-0.2, 0) is 6.42 Å². The number of nitriles is 1. The molecule has 0 aliphatic rings. The van der Waals surface area contributed by atoms with E-state index in [0.29, 0.717) is 17.2 Å². The summed E-state index contributed by atoms with van der Waals surface area (Å²) in [6.07, 6.45) is 2.23. The summed E-state index contributed by atoms with van der Waals surface area (Å²) in [5.41, 5.74) is 1.48. The minimum atomic E-state index is 0.522. The number of anilines is 1. The SMILES string of the molecule is CCNc1ncnc(Oc2cccc(C#N)c2)c1CC. The first kappa shape index (κ1) is 13.8. The van der Waals surface area contributed by atoms with E-state index in [1.54, 1.807) is 24.3 Å². The molecule has 0 fully saturated rings. The molecule has 0 spiro atoms. The van der Waals surface area contributed by atoms with Crippen LogP contribution in [0.1, 0.15) is 25.0 Å². The molecule has 0 unspecified atom stereocenters. The molecule has 0 bridgehead atoms. The van der Waals surface area contributed by atoms with Crippen molar-refractivity contribution < 1.29 is 4.74 Å². The number of nitrogens with one attached hydrogen (secondary N) is 1. The molecule has 0 aliphatic carbocycles. The predicted octanol–water partition coefficient (Wildman–Crippen LogP) is 3.13. The smallest absolute Gasteiger partial charge is 0.227 e. The largest absolute Gasteiger partial charge is 0.439 e. The van der Waals surface area contributed by atoms with Crippen LogP contribution >= 0.6 is 0 Å². The van der Waals surface area contributed by atoms with Crippen LogP contribution in [0.3, 0.4) is 0 Å². The van der Waals surface area contributed by atoms with Crippen molar-refractivity contribution in [3.05, 3.63) is 41.7 Å². The summed E-state index contributed by atoms with van der Waals surface area (Å²) in [6, 6.07) is 9.10. The van der Waals surface area contributed by atoms with Gasteiger partial charge in [-0.15, -0.1) is 0 Å². The summed E-state index contributed by atoms with van der Waals surface area (Å²) in [5, 5.41) is 12.1. The van der Waals surface area contributed by atoms with Crippen LogP contribution in [0.25, 0.3) is 0 Å². The van der Waals surface area contributed by atoms with Gasteiger partial charge in [-0.3, -0.25) is 0 Å². The van der Waals surface area contributed by atoms with Crippen molar-refractivity contribution in [1.82, 2.24) is 9.97 Å². The molecule has 0 saturated heterocycles. The second kappa shape index (κ2) is 6.53. The van der Waals surface area contributed by atoms with Crippen molar-refractivity contribution in [2.24, 2.45) is 0 Å². The van der Waals surface area contributed by atoms with Crippen LogP contribution in [0.15, 0.2) is 30.6 Å². The number of hydrogen-bond acceptors (Lipinski definition) is 5. The molecular weight excluding hydrogens is 252 g/mol. The average molecular weight is 268 g/mol. The van der Waals surface area contributed by atoms with E-state index in [1.165, 1.54) is 6.33 Å². The molecule has 0 atom stereocenters. The summed E-state index contributed by atoms with van der Waals surface area (Å²) in [6.45, 7) is 4.82. The lowest BCUT2D eigenvalue weighted by atomic mass is 10.2. The van der Waals surface area contributed by atoms with Crippen molar-refractivity contribution >= 4 is 5.82 Å². The highest BCUT2D eigenvalue weighted by atomic mass is 16.5. The van der Waals surface area contributed by atoms with Crippen molar-refractivity contribution in [2.75, 3.05) is 11.9 Å². The number of ether oxygens (including phenoxy) is 1. The van der Waals surface area contributed by atoms with Gasteiger partial charge in [-0.1, -0.05) is 13.0 Å². The number of aromatic nitrogens is 2. The molecule has 20 heavy (non-hydrogen) atoms. The summed E-state index contributed by atoms with van der Waals surface area (Å²) in [7, 11) is 0. The zero-order valence-electron chi connectivity index (χ0n) is 11.6. The molecule has 2 aromatic rings. The van der Waals surface area contributed by atoms with Gasteiger partial charge in [0.25, 0.3) is 0 Å². The second-order valence-electron chi connectivity index (χ2n) is 4.13. The highest BCUT2D eigenvalue weighted by Gasteiger charge is 2.11. The summed E-state index contributed by atoms with van der Waals surface area (Å²) >= 11 is 0. The lowest BCUT2D eigenvalue weighted by Gasteiger charge is -2.12. The lowest BCUT2D eigenvalue weighted by Crippen LogP contribution is -2.05. The first-order valence-electron chi connectivity index (χ1n) is 6.54. The second-order valence-corrected chi connectivity index (χ2v) is 4.13. The quantitative estimate of drug-likeness (QED) is 0.902. The van der Waals surface area contributed by atoms with Gasteiger partial charge in [0.2, 0.25) is 5.88 Å². The Morgan fingerprint density at radius 1 is 1.30 bits per heavy atom. The average Bonchev–Trinajstić information content (AvgIpc) is 2.48. The highest BCUT2D eigenvalue weighted by Crippen LogP contribution is 2.27. The maximum absolute atomic E-state index is 8.90. The Bertz CT molecular complexity index is 634. The van der Waals surface area contributed by atoms with Gasteiger partial charge in [-0.2, -0.15) is 5.26 Å². The van der Waals surface area contributed by atoms with Crippen LogP contribution in [-0.4, -0.2) is 16.5 Å². The van der Waals surface area contributed by atoms with Gasteiger partial charge in [-0.25, -0.2) is 9.97 Å². The van der Waals surface area contributed by atoms with Crippen LogP contribution in [0.2, 0.25) is 0 Å².